The number of ether oxygens (including phenoxy) is 1. The van der Waals surface area contributed by atoms with Crippen LogP contribution in [0.2, 0.25) is 0 Å². The standard InChI is InChI=1S/C25H28N2O5/c1-2-21(23(28)26-22(24(29)30)13-15-11-12-15)27-25(31)32-14-20-18-9-5-3-7-16(18)17-8-4-6-10-19(17)20/h3-10,15,20-22H,2,11-14H2,1H3,(H,26,28)(H,27,31)(H,29,30)/t21-,22?/m0/s1. The van der Waals surface area contributed by atoms with Crippen molar-refractivity contribution in [3.63, 3.8) is 0 Å². The van der Waals surface area contributed by atoms with Gasteiger partial charge in [0.25, 0.3) is 0 Å². The number of carbonyl (C=O) groups excluding carboxylic acids is 2. The summed E-state index contributed by atoms with van der Waals surface area (Å²) in [4.78, 5) is 36.5. The number of fused-ring (bicyclic) bond motifs is 3. The molecule has 32 heavy (non-hydrogen) atoms. The molecule has 7 heteroatoms. The van der Waals surface area contributed by atoms with Gasteiger partial charge in [0, 0.05) is 5.92 Å². The number of carboxylic acids is 1. The molecule has 2 aromatic carbocycles. The Labute approximate surface area is 187 Å². The number of aliphatic carboxylic acids is 1. The summed E-state index contributed by atoms with van der Waals surface area (Å²) in [6, 6.07) is 14.3. The first-order valence-electron chi connectivity index (χ1n) is 11.1. The van der Waals surface area contributed by atoms with Crippen LogP contribution in [0, 0.1) is 5.92 Å². The molecule has 3 N–H and O–H groups in total. The van der Waals surface area contributed by atoms with Crippen LogP contribution < -0.4 is 10.6 Å². The van der Waals surface area contributed by atoms with E-state index in [1.807, 2.05) is 36.4 Å². The Morgan fingerprint density at radius 2 is 1.56 bits per heavy atom. The van der Waals surface area contributed by atoms with Gasteiger partial charge in [0.15, 0.2) is 0 Å². The first-order valence-corrected chi connectivity index (χ1v) is 11.1. The Kier molecular flexibility index (Phi) is 6.44. The number of amides is 2. The predicted molar refractivity (Wildman–Crippen MR) is 119 cm³/mol. The molecule has 1 unspecified atom stereocenters. The predicted octanol–water partition coefficient (Wildman–Crippen LogP) is 3.67. The molecule has 2 amide bonds. The van der Waals surface area contributed by atoms with Crippen LogP contribution in [0.5, 0.6) is 0 Å². The van der Waals surface area contributed by atoms with Gasteiger partial charge in [-0.3, -0.25) is 4.79 Å². The van der Waals surface area contributed by atoms with E-state index in [9.17, 15) is 19.5 Å². The smallest absolute Gasteiger partial charge is 0.407 e. The third-order valence-corrected chi connectivity index (χ3v) is 6.24. The number of carboxylic acid groups (broad SMARTS) is 1. The fourth-order valence-corrected chi connectivity index (χ4v) is 4.32. The van der Waals surface area contributed by atoms with Crippen molar-refractivity contribution in [3.05, 3.63) is 59.7 Å². The number of alkyl carbamates (subject to hydrolysis) is 1. The lowest BCUT2D eigenvalue weighted by Crippen LogP contribution is -2.51. The minimum atomic E-state index is -1.05. The third-order valence-electron chi connectivity index (χ3n) is 6.24. The van der Waals surface area contributed by atoms with E-state index in [-0.39, 0.29) is 12.5 Å². The number of benzene rings is 2. The summed E-state index contributed by atoms with van der Waals surface area (Å²) < 4.78 is 5.50. The summed E-state index contributed by atoms with van der Waals surface area (Å²) in [7, 11) is 0. The van der Waals surface area contributed by atoms with E-state index in [0.717, 1.165) is 35.1 Å². The quantitative estimate of drug-likeness (QED) is 0.556. The Bertz CT molecular complexity index is 971. The molecule has 0 aromatic heterocycles. The van der Waals surface area contributed by atoms with E-state index in [0.29, 0.717) is 18.8 Å². The van der Waals surface area contributed by atoms with Crippen LogP contribution in [0.25, 0.3) is 11.1 Å². The Morgan fingerprint density at radius 1 is 0.969 bits per heavy atom. The molecule has 4 rings (SSSR count). The lowest BCUT2D eigenvalue weighted by molar-refractivity contribution is -0.142. The Balaban J connectivity index is 1.35. The van der Waals surface area contributed by atoms with Crippen molar-refractivity contribution in [1.82, 2.24) is 10.6 Å². The van der Waals surface area contributed by atoms with E-state index in [1.54, 1.807) is 6.92 Å². The van der Waals surface area contributed by atoms with Gasteiger partial charge in [0.1, 0.15) is 18.7 Å². The van der Waals surface area contributed by atoms with Gasteiger partial charge >= 0.3 is 12.1 Å². The Morgan fingerprint density at radius 3 is 2.09 bits per heavy atom. The van der Waals surface area contributed by atoms with Crippen LogP contribution in [-0.2, 0) is 14.3 Å². The van der Waals surface area contributed by atoms with Crippen molar-refractivity contribution in [2.45, 2.75) is 50.6 Å². The minimum Gasteiger partial charge on any atom is -0.480 e. The van der Waals surface area contributed by atoms with Crippen LogP contribution in [0.3, 0.4) is 0 Å². The van der Waals surface area contributed by atoms with Crippen molar-refractivity contribution < 1.29 is 24.2 Å². The monoisotopic (exact) mass is 436 g/mol. The van der Waals surface area contributed by atoms with Gasteiger partial charge in [0.05, 0.1) is 0 Å². The third kappa shape index (κ3) is 4.77. The second-order valence-electron chi connectivity index (χ2n) is 8.51. The topological polar surface area (TPSA) is 105 Å². The Hall–Kier alpha value is -3.35. The van der Waals surface area contributed by atoms with Gasteiger partial charge < -0.3 is 20.5 Å². The average molecular weight is 437 g/mol. The van der Waals surface area contributed by atoms with Crippen molar-refractivity contribution >= 4 is 18.0 Å². The van der Waals surface area contributed by atoms with Crippen LogP contribution in [0.4, 0.5) is 4.79 Å². The summed E-state index contributed by atoms with van der Waals surface area (Å²) in [6.45, 7) is 1.90. The second kappa shape index (κ2) is 9.42. The zero-order chi connectivity index (χ0) is 22.7. The zero-order valence-corrected chi connectivity index (χ0v) is 18.0. The maximum absolute atomic E-state index is 12.6. The summed E-state index contributed by atoms with van der Waals surface area (Å²) in [6.07, 6.45) is 2.04. The number of hydrogen-bond donors (Lipinski definition) is 3. The first-order chi connectivity index (χ1) is 15.5. The van der Waals surface area contributed by atoms with Gasteiger partial charge in [-0.15, -0.1) is 0 Å². The van der Waals surface area contributed by atoms with E-state index in [4.69, 9.17) is 4.74 Å². The van der Waals surface area contributed by atoms with Crippen LogP contribution in [0.1, 0.15) is 49.7 Å². The maximum atomic E-state index is 12.6. The molecule has 1 saturated carbocycles. The van der Waals surface area contributed by atoms with Crippen LogP contribution in [0.15, 0.2) is 48.5 Å². The maximum Gasteiger partial charge on any atom is 0.407 e. The fraction of sp³-hybridized carbons (Fsp3) is 0.400. The molecule has 2 atom stereocenters. The molecule has 0 saturated heterocycles. The van der Waals surface area contributed by atoms with Crippen molar-refractivity contribution in [2.24, 2.45) is 5.92 Å². The summed E-state index contributed by atoms with van der Waals surface area (Å²) in [5, 5.41) is 14.5. The molecular formula is C25H28N2O5. The van der Waals surface area contributed by atoms with E-state index >= 15 is 0 Å². The molecule has 0 spiro atoms. The van der Waals surface area contributed by atoms with Gasteiger partial charge in [0.2, 0.25) is 5.91 Å². The lowest BCUT2D eigenvalue weighted by Gasteiger charge is -2.21. The normalized spacial score (nSPS) is 16.4. The number of nitrogens with one attached hydrogen (secondary N) is 2. The minimum absolute atomic E-state index is 0.0722. The second-order valence-corrected chi connectivity index (χ2v) is 8.51. The highest BCUT2D eigenvalue weighted by molar-refractivity contribution is 5.89. The fourth-order valence-electron chi connectivity index (χ4n) is 4.32. The molecule has 2 aromatic rings. The summed E-state index contributed by atoms with van der Waals surface area (Å²) in [5.74, 6) is -1.28. The van der Waals surface area contributed by atoms with E-state index in [1.165, 1.54) is 0 Å². The van der Waals surface area contributed by atoms with Gasteiger partial charge in [-0.05, 0) is 41.0 Å². The molecular weight excluding hydrogens is 408 g/mol. The SMILES string of the molecule is CC[C@H](NC(=O)OCC1c2ccccc2-c2ccccc21)C(=O)NC(CC1CC1)C(=O)O. The molecule has 1 fully saturated rings. The lowest BCUT2D eigenvalue weighted by atomic mass is 9.98. The molecule has 0 bridgehead atoms. The van der Waals surface area contributed by atoms with E-state index in [2.05, 4.69) is 22.8 Å². The number of hydrogen-bond acceptors (Lipinski definition) is 4. The molecule has 0 radical (unpaired) electrons. The largest absolute Gasteiger partial charge is 0.480 e. The van der Waals surface area contributed by atoms with E-state index < -0.39 is 30.1 Å². The van der Waals surface area contributed by atoms with Crippen LogP contribution in [-0.4, -0.2) is 41.8 Å². The highest BCUT2D eigenvalue weighted by Gasteiger charge is 2.33. The zero-order valence-electron chi connectivity index (χ0n) is 18.0. The molecule has 2 aliphatic carbocycles. The van der Waals surface area contributed by atoms with Gasteiger partial charge in [-0.1, -0.05) is 68.3 Å². The van der Waals surface area contributed by atoms with Crippen molar-refractivity contribution in [3.8, 4) is 11.1 Å². The number of carbonyl (C=O) groups is 3. The van der Waals surface area contributed by atoms with Gasteiger partial charge in [-0.2, -0.15) is 0 Å². The molecule has 2 aliphatic rings. The first kappa shape index (κ1) is 21.9. The summed E-state index contributed by atoms with van der Waals surface area (Å²) in [5.41, 5.74) is 4.49. The molecule has 7 nitrogen and oxygen atoms in total. The van der Waals surface area contributed by atoms with Crippen molar-refractivity contribution in [2.75, 3.05) is 6.61 Å². The highest BCUT2D eigenvalue weighted by Crippen LogP contribution is 2.44. The van der Waals surface area contributed by atoms with Crippen molar-refractivity contribution in [1.29, 1.82) is 0 Å². The molecule has 0 aliphatic heterocycles. The number of rotatable bonds is 9. The molecule has 0 heterocycles. The van der Waals surface area contributed by atoms with Gasteiger partial charge in [-0.25, -0.2) is 9.59 Å². The molecule has 168 valence electrons. The highest BCUT2D eigenvalue weighted by atomic mass is 16.5. The van der Waals surface area contributed by atoms with Crippen LogP contribution >= 0.6 is 0 Å². The summed E-state index contributed by atoms with van der Waals surface area (Å²) >= 11 is 0. The average Bonchev–Trinajstić information content (AvgIpc) is 3.56.